The van der Waals surface area contributed by atoms with Crippen LogP contribution >= 0.6 is 24.8 Å². The topological polar surface area (TPSA) is 105 Å². The molecular formula is C20H20Cl2N6O. The molecule has 0 spiro atoms. The molecule has 3 aromatic rings. The first-order valence-electron chi connectivity index (χ1n) is 8.56. The van der Waals surface area contributed by atoms with Gasteiger partial charge in [0.15, 0.2) is 0 Å². The van der Waals surface area contributed by atoms with E-state index in [1.54, 1.807) is 18.5 Å². The summed E-state index contributed by atoms with van der Waals surface area (Å²) in [6.07, 6.45) is 5.04. The number of fused-ring (bicyclic) bond motifs is 1. The Morgan fingerprint density at radius 2 is 1.72 bits per heavy atom. The summed E-state index contributed by atoms with van der Waals surface area (Å²) in [7, 11) is 0. The van der Waals surface area contributed by atoms with Gasteiger partial charge in [-0.2, -0.15) is 0 Å². The molecule has 1 aromatic heterocycles. The van der Waals surface area contributed by atoms with Gasteiger partial charge >= 0.3 is 0 Å². The molecule has 150 valence electrons. The number of benzene rings is 2. The molecule has 0 unspecified atom stereocenters. The number of nitrogens with one attached hydrogen (secondary N) is 2. The van der Waals surface area contributed by atoms with E-state index >= 15 is 0 Å². The van der Waals surface area contributed by atoms with Crippen LogP contribution in [0.3, 0.4) is 0 Å². The van der Waals surface area contributed by atoms with Crippen molar-refractivity contribution >= 4 is 53.8 Å². The number of carbonyl (C=O) groups is 1. The predicted molar refractivity (Wildman–Crippen MR) is 119 cm³/mol. The lowest BCUT2D eigenvalue weighted by Crippen LogP contribution is -2.27. The minimum absolute atomic E-state index is 0. The lowest BCUT2D eigenvalue weighted by Gasteiger charge is -2.11. The summed E-state index contributed by atoms with van der Waals surface area (Å²) >= 11 is 0. The van der Waals surface area contributed by atoms with E-state index in [1.807, 2.05) is 48.5 Å². The van der Waals surface area contributed by atoms with Crippen LogP contribution in [0.5, 0.6) is 0 Å². The van der Waals surface area contributed by atoms with Crippen molar-refractivity contribution in [1.29, 1.82) is 0 Å². The van der Waals surface area contributed by atoms with Crippen molar-refractivity contribution in [3.05, 3.63) is 77.7 Å². The fourth-order valence-electron chi connectivity index (χ4n) is 2.89. The Morgan fingerprint density at radius 1 is 1.00 bits per heavy atom. The maximum absolute atomic E-state index is 12.3. The van der Waals surface area contributed by atoms with Crippen molar-refractivity contribution in [3.63, 3.8) is 0 Å². The molecule has 29 heavy (non-hydrogen) atoms. The van der Waals surface area contributed by atoms with Crippen molar-refractivity contribution < 1.29 is 4.79 Å². The van der Waals surface area contributed by atoms with Gasteiger partial charge in [0.25, 0.3) is 5.91 Å². The number of halogens is 2. The third-order valence-electron chi connectivity index (χ3n) is 4.23. The zero-order valence-corrected chi connectivity index (χ0v) is 16.9. The number of hydrogen-bond donors (Lipinski definition) is 3. The Labute approximate surface area is 180 Å². The lowest BCUT2D eigenvalue weighted by molar-refractivity contribution is -0.115. The Kier molecular flexibility index (Phi) is 7.67. The lowest BCUT2D eigenvalue weighted by atomic mass is 10.1. The summed E-state index contributed by atoms with van der Waals surface area (Å²) in [6.45, 7) is 0.341. The van der Waals surface area contributed by atoms with Crippen LogP contribution in [0.15, 0.2) is 71.6 Å². The highest BCUT2D eigenvalue weighted by atomic mass is 35.5. The van der Waals surface area contributed by atoms with Gasteiger partial charge in [0, 0.05) is 18.9 Å². The smallest absolute Gasteiger partial charge is 0.274 e. The van der Waals surface area contributed by atoms with Crippen LogP contribution in [0.1, 0.15) is 17.2 Å². The molecule has 1 fully saturated rings. The molecule has 0 aliphatic carbocycles. The SMILES string of the molecule is Cl.Cl.NC[C@@H](N=C1NC(=O)/C(=C/c2ccc3nccnc3c2)N1)c1ccccc1. The Morgan fingerprint density at radius 3 is 2.45 bits per heavy atom. The van der Waals surface area contributed by atoms with Gasteiger partial charge in [-0.3, -0.25) is 20.1 Å². The van der Waals surface area contributed by atoms with E-state index in [4.69, 9.17) is 5.73 Å². The van der Waals surface area contributed by atoms with Crippen LogP contribution in [0.2, 0.25) is 0 Å². The van der Waals surface area contributed by atoms with Gasteiger partial charge in [-0.15, -0.1) is 24.8 Å². The Hall–Kier alpha value is -3.00. The number of nitrogens with zero attached hydrogens (tertiary/aromatic N) is 3. The standard InChI is InChI=1S/C20H18N6O.2ClH/c21-12-18(14-4-2-1-3-5-14)25-20-24-17(19(27)26-20)11-13-6-7-15-16(10-13)23-9-8-22-15;;/h1-11,18H,12,21H2,(H2,24,25,26,27);2*1H/b17-11-;;/t18-;;/m1../s1. The van der Waals surface area contributed by atoms with Crippen molar-refractivity contribution in [2.75, 3.05) is 6.54 Å². The molecule has 1 atom stereocenters. The van der Waals surface area contributed by atoms with Crippen LogP contribution in [0.4, 0.5) is 0 Å². The fraction of sp³-hybridized carbons (Fsp3) is 0.100. The molecule has 2 heterocycles. The fourth-order valence-corrected chi connectivity index (χ4v) is 2.89. The number of guanidine groups is 1. The summed E-state index contributed by atoms with van der Waals surface area (Å²) in [4.78, 5) is 25.3. The van der Waals surface area contributed by atoms with E-state index in [9.17, 15) is 4.79 Å². The number of carbonyl (C=O) groups excluding carboxylic acids is 1. The van der Waals surface area contributed by atoms with Gasteiger partial charge < -0.3 is 11.1 Å². The van der Waals surface area contributed by atoms with Crippen LogP contribution in [0, 0.1) is 0 Å². The predicted octanol–water partition coefficient (Wildman–Crippen LogP) is 2.59. The van der Waals surface area contributed by atoms with Crippen LogP contribution in [-0.4, -0.2) is 28.4 Å². The zero-order valence-electron chi connectivity index (χ0n) is 15.3. The van der Waals surface area contributed by atoms with E-state index in [0.29, 0.717) is 18.2 Å². The second kappa shape index (κ2) is 9.97. The van der Waals surface area contributed by atoms with Gasteiger partial charge in [-0.1, -0.05) is 36.4 Å². The molecule has 2 aromatic carbocycles. The molecule has 1 saturated heterocycles. The molecule has 4 rings (SSSR count). The first kappa shape index (κ1) is 22.3. The zero-order chi connectivity index (χ0) is 18.6. The van der Waals surface area contributed by atoms with Crippen molar-refractivity contribution in [2.45, 2.75) is 6.04 Å². The van der Waals surface area contributed by atoms with Crippen molar-refractivity contribution in [2.24, 2.45) is 10.7 Å². The molecule has 1 aliphatic heterocycles. The largest absolute Gasteiger partial charge is 0.328 e. The van der Waals surface area contributed by atoms with E-state index in [2.05, 4.69) is 25.6 Å². The molecule has 0 saturated carbocycles. The second-order valence-corrected chi connectivity index (χ2v) is 6.08. The first-order chi connectivity index (χ1) is 13.2. The monoisotopic (exact) mass is 430 g/mol. The number of aromatic nitrogens is 2. The maximum Gasteiger partial charge on any atom is 0.274 e. The number of nitrogens with two attached hydrogens (primary N) is 1. The van der Waals surface area contributed by atoms with Gasteiger partial charge in [-0.05, 0) is 29.3 Å². The Balaban J connectivity index is 0.00000150. The molecular weight excluding hydrogens is 411 g/mol. The molecule has 7 nitrogen and oxygen atoms in total. The maximum atomic E-state index is 12.3. The van der Waals surface area contributed by atoms with Crippen LogP contribution in [-0.2, 0) is 4.79 Å². The third kappa shape index (κ3) is 5.08. The first-order valence-corrected chi connectivity index (χ1v) is 8.56. The van der Waals surface area contributed by atoms with Gasteiger partial charge in [-0.25, -0.2) is 4.99 Å². The van der Waals surface area contributed by atoms with E-state index in [0.717, 1.165) is 22.2 Å². The molecule has 1 aliphatic rings. The minimum atomic E-state index is -0.239. The summed E-state index contributed by atoms with van der Waals surface area (Å²) in [5.41, 5.74) is 9.69. The summed E-state index contributed by atoms with van der Waals surface area (Å²) < 4.78 is 0. The van der Waals surface area contributed by atoms with Crippen LogP contribution < -0.4 is 16.4 Å². The molecule has 1 amide bonds. The number of amides is 1. The normalized spacial score (nSPS) is 16.7. The highest BCUT2D eigenvalue weighted by Crippen LogP contribution is 2.17. The average molecular weight is 431 g/mol. The van der Waals surface area contributed by atoms with Gasteiger partial charge in [0.05, 0.1) is 17.1 Å². The van der Waals surface area contributed by atoms with E-state index in [1.165, 1.54) is 0 Å². The molecule has 0 radical (unpaired) electrons. The molecule has 9 heteroatoms. The summed E-state index contributed by atoms with van der Waals surface area (Å²) in [6, 6.07) is 15.2. The van der Waals surface area contributed by atoms with Crippen LogP contribution in [0.25, 0.3) is 17.1 Å². The quantitative estimate of drug-likeness (QED) is 0.551. The van der Waals surface area contributed by atoms with Crippen molar-refractivity contribution in [1.82, 2.24) is 20.6 Å². The van der Waals surface area contributed by atoms with Gasteiger partial charge in [0.2, 0.25) is 5.96 Å². The summed E-state index contributed by atoms with van der Waals surface area (Å²) in [5.74, 6) is 0.156. The molecule has 0 bridgehead atoms. The second-order valence-electron chi connectivity index (χ2n) is 6.08. The molecule has 4 N–H and O–H groups in total. The minimum Gasteiger partial charge on any atom is -0.328 e. The number of aliphatic imine (C=N–C) groups is 1. The number of hydrogen-bond acceptors (Lipinski definition) is 5. The number of rotatable bonds is 4. The highest BCUT2D eigenvalue weighted by molar-refractivity contribution is 6.15. The average Bonchev–Trinajstić information content (AvgIpc) is 3.05. The van der Waals surface area contributed by atoms with Crippen molar-refractivity contribution in [3.8, 4) is 0 Å². The third-order valence-corrected chi connectivity index (χ3v) is 4.23. The summed E-state index contributed by atoms with van der Waals surface area (Å²) in [5, 5.41) is 5.77. The Bertz CT molecular complexity index is 1060. The van der Waals surface area contributed by atoms with Gasteiger partial charge in [0.1, 0.15) is 5.70 Å². The van der Waals surface area contributed by atoms with E-state index in [-0.39, 0.29) is 36.8 Å². The highest BCUT2D eigenvalue weighted by Gasteiger charge is 2.23. The van der Waals surface area contributed by atoms with E-state index < -0.39 is 0 Å².